The number of piperidine rings is 1. The van der Waals surface area contributed by atoms with Crippen molar-refractivity contribution < 1.29 is 33.8 Å². The van der Waals surface area contributed by atoms with Gasteiger partial charge in [0.2, 0.25) is 11.8 Å². The van der Waals surface area contributed by atoms with E-state index < -0.39 is 48.5 Å². The number of ether oxygens (including phenoxy) is 2. The van der Waals surface area contributed by atoms with Gasteiger partial charge in [-0.1, -0.05) is 32.0 Å². The van der Waals surface area contributed by atoms with Crippen molar-refractivity contribution in [3.8, 4) is 0 Å². The van der Waals surface area contributed by atoms with Crippen molar-refractivity contribution >= 4 is 23.9 Å². The van der Waals surface area contributed by atoms with Gasteiger partial charge < -0.3 is 19.9 Å². The van der Waals surface area contributed by atoms with Crippen molar-refractivity contribution in [2.45, 2.75) is 84.8 Å². The minimum atomic E-state index is -1.04. The van der Waals surface area contributed by atoms with Crippen LogP contribution < -0.4 is 5.32 Å². The van der Waals surface area contributed by atoms with Crippen LogP contribution in [0.2, 0.25) is 0 Å². The molecule has 0 spiro atoms. The first-order valence-corrected chi connectivity index (χ1v) is 11.9. The fourth-order valence-electron chi connectivity index (χ4n) is 4.26. The Morgan fingerprint density at radius 1 is 1.23 bits per heavy atom. The third kappa shape index (κ3) is 6.58. The highest BCUT2D eigenvalue weighted by Crippen LogP contribution is 2.37. The van der Waals surface area contributed by atoms with Gasteiger partial charge in [0.05, 0.1) is 6.04 Å². The smallest absolute Gasteiger partial charge is 0.407 e. The molecule has 10 heteroatoms. The van der Waals surface area contributed by atoms with E-state index in [1.165, 1.54) is 0 Å². The minimum Gasteiger partial charge on any atom is -0.444 e. The van der Waals surface area contributed by atoms with Crippen LogP contribution in [0.25, 0.3) is 0 Å². The zero-order chi connectivity index (χ0) is 25.9. The van der Waals surface area contributed by atoms with E-state index in [0.717, 1.165) is 16.0 Å². The topological polar surface area (TPSA) is 125 Å². The normalized spacial score (nSPS) is 20.7. The largest absolute Gasteiger partial charge is 0.444 e. The van der Waals surface area contributed by atoms with Crippen molar-refractivity contribution in [1.82, 2.24) is 15.1 Å². The SMILES string of the molecule is CC(C)CC(=O)OCN1C(=O)CCC(N2Cc3c(CNC(=O)OC(C)(C)C)cccc3C2O)C1=O. The van der Waals surface area contributed by atoms with Crippen molar-refractivity contribution in [2.75, 3.05) is 6.73 Å². The number of nitrogens with one attached hydrogen (secondary N) is 1. The molecule has 2 heterocycles. The number of rotatable bonds is 7. The lowest BCUT2D eigenvalue weighted by molar-refractivity contribution is -0.167. The summed E-state index contributed by atoms with van der Waals surface area (Å²) in [4.78, 5) is 52.1. The van der Waals surface area contributed by atoms with Crippen molar-refractivity contribution in [3.05, 3.63) is 34.9 Å². The molecule has 1 aromatic rings. The summed E-state index contributed by atoms with van der Waals surface area (Å²) in [6.07, 6.45) is -1.04. The number of hydrogen-bond acceptors (Lipinski definition) is 8. The number of hydrogen-bond donors (Lipinski definition) is 2. The van der Waals surface area contributed by atoms with Gasteiger partial charge >= 0.3 is 12.1 Å². The first-order chi connectivity index (χ1) is 16.4. The minimum absolute atomic E-state index is 0.0975. The second kappa shape index (κ2) is 10.7. The molecular formula is C25H35N3O7. The number of fused-ring (bicyclic) bond motifs is 1. The van der Waals surface area contributed by atoms with Gasteiger partial charge in [0.15, 0.2) is 6.73 Å². The summed E-state index contributed by atoms with van der Waals surface area (Å²) >= 11 is 0. The molecule has 1 saturated heterocycles. The van der Waals surface area contributed by atoms with Crippen LogP contribution in [-0.2, 0) is 36.9 Å². The van der Waals surface area contributed by atoms with Gasteiger partial charge in [-0.05, 0) is 44.2 Å². The Bertz CT molecular complexity index is 986. The summed E-state index contributed by atoms with van der Waals surface area (Å²) in [6, 6.07) is 4.66. The quantitative estimate of drug-likeness (QED) is 0.442. The maximum absolute atomic E-state index is 13.2. The van der Waals surface area contributed by atoms with E-state index >= 15 is 0 Å². The number of imide groups is 1. The molecule has 2 aliphatic rings. The Balaban J connectivity index is 1.69. The number of carbonyl (C=O) groups is 4. The van der Waals surface area contributed by atoms with E-state index in [9.17, 15) is 24.3 Å². The van der Waals surface area contributed by atoms with Crippen LogP contribution in [0, 0.1) is 5.92 Å². The van der Waals surface area contributed by atoms with Crippen LogP contribution in [0.4, 0.5) is 4.79 Å². The molecule has 2 atom stereocenters. The summed E-state index contributed by atoms with van der Waals surface area (Å²) in [5.41, 5.74) is 1.64. The molecule has 0 bridgehead atoms. The van der Waals surface area contributed by atoms with Crippen LogP contribution in [0.15, 0.2) is 18.2 Å². The molecule has 3 rings (SSSR count). The predicted molar refractivity (Wildman–Crippen MR) is 125 cm³/mol. The highest BCUT2D eigenvalue weighted by molar-refractivity contribution is 6.00. The number of amides is 3. The van der Waals surface area contributed by atoms with Gasteiger partial charge in [0, 0.05) is 31.5 Å². The van der Waals surface area contributed by atoms with Crippen molar-refractivity contribution in [1.29, 1.82) is 0 Å². The van der Waals surface area contributed by atoms with Gasteiger partial charge in [0.1, 0.15) is 11.8 Å². The molecule has 0 radical (unpaired) electrons. The van der Waals surface area contributed by atoms with E-state index in [1.54, 1.807) is 37.8 Å². The fourth-order valence-corrected chi connectivity index (χ4v) is 4.26. The Hall–Kier alpha value is -2.98. The van der Waals surface area contributed by atoms with Crippen LogP contribution in [-0.4, -0.2) is 57.2 Å². The molecule has 2 unspecified atom stereocenters. The van der Waals surface area contributed by atoms with Gasteiger partial charge in [0.25, 0.3) is 0 Å². The number of aliphatic hydroxyl groups excluding tert-OH is 1. The summed E-state index contributed by atoms with van der Waals surface area (Å²) < 4.78 is 10.4. The Labute approximate surface area is 205 Å². The molecule has 1 fully saturated rings. The maximum Gasteiger partial charge on any atom is 0.407 e. The lowest BCUT2D eigenvalue weighted by Crippen LogP contribution is -2.54. The lowest BCUT2D eigenvalue weighted by Gasteiger charge is -2.36. The van der Waals surface area contributed by atoms with Crippen LogP contribution in [0.5, 0.6) is 0 Å². The molecule has 192 valence electrons. The number of aliphatic hydroxyl groups is 1. The van der Waals surface area contributed by atoms with Gasteiger partial charge in [-0.15, -0.1) is 0 Å². The van der Waals surface area contributed by atoms with Gasteiger partial charge in [-0.2, -0.15) is 0 Å². The lowest BCUT2D eigenvalue weighted by atomic mass is 10.0. The number of esters is 1. The zero-order valence-electron chi connectivity index (χ0n) is 21.0. The zero-order valence-corrected chi connectivity index (χ0v) is 21.0. The monoisotopic (exact) mass is 489 g/mol. The number of likely N-dealkylation sites (tertiary alicyclic amines) is 1. The third-order valence-corrected chi connectivity index (χ3v) is 5.88. The highest BCUT2D eigenvalue weighted by atomic mass is 16.6. The number of benzene rings is 1. The van der Waals surface area contributed by atoms with E-state index in [4.69, 9.17) is 9.47 Å². The van der Waals surface area contributed by atoms with E-state index in [2.05, 4.69) is 5.32 Å². The van der Waals surface area contributed by atoms with Crippen molar-refractivity contribution in [2.24, 2.45) is 5.92 Å². The van der Waals surface area contributed by atoms with E-state index in [1.807, 2.05) is 19.9 Å². The molecule has 10 nitrogen and oxygen atoms in total. The summed E-state index contributed by atoms with van der Waals surface area (Å²) in [6.45, 7) is 9.13. The fraction of sp³-hybridized carbons (Fsp3) is 0.600. The second-order valence-electron chi connectivity index (χ2n) is 10.3. The average Bonchev–Trinajstić information content (AvgIpc) is 3.07. The summed E-state index contributed by atoms with van der Waals surface area (Å²) in [7, 11) is 0. The van der Waals surface area contributed by atoms with Gasteiger partial charge in [-0.25, -0.2) is 9.69 Å². The molecule has 35 heavy (non-hydrogen) atoms. The molecule has 0 aromatic heterocycles. The molecule has 0 saturated carbocycles. The standard InChI is InChI=1S/C25H35N3O7/c1-15(2)11-21(30)34-14-28-20(29)10-9-19(23(28)32)27-13-18-16(7-6-8-17(18)22(27)31)12-26-24(33)35-25(3,4)5/h6-8,15,19,22,31H,9-14H2,1-5H3,(H,26,33). The Morgan fingerprint density at radius 3 is 2.60 bits per heavy atom. The third-order valence-electron chi connectivity index (χ3n) is 5.88. The maximum atomic E-state index is 13.2. The Kier molecular flexibility index (Phi) is 8.17. The van der Waals surface area contributed by atoms with Gasteiger partial charge in [-0.3, -0.25) is 19.3 Å². The van der Waals surface area contributed by atoms with Crippen LogP contribution in [0.1, 0.15) is 76.8 Å². The molecule has 2 aliphatic heterocycles. The predicted octanol–water partition coefficient (Wildman–Crippen LogP) is 2.58. The summed E-state index contributed by atoms with van der Waals surface area (Å²) in [5.74, 6) is -1.28. The van der Waals surface area contributed by atoms with Crippen LogP contribution in [0.3, 0.4) is 0 Å². The first-order valence-electron chi connectivity index (χ1n) is 11.9. The molecular weight excluding hydrogens is 454 g/mol. The molecule has 2 N–H and O–H groups in total. The Morgan fingerprint density at radius 2 is 1.94 bits per heavy atom. The first kappa shape index (κ1) is 26.6. The number of carbonyl (C=O) groups excluding carboxylic acids is 4. The average molecular weight is 490 g/mol. The molecule has 0 aliphatic carbocycles. The van der Waals surface area contributed by atoms with Crippen molar-refractivity contribution in [3.63, 3.8) is 0 Å². The second-order valence-corrected chi connectivity index (χ2v) is 10.3. The highest BCUT2D eigenvalue weighted by Gasteiger charge is 2.43. The molecule has 3 amide bonds. The molecule has 1 aromatic carbocycles. The van der Waals surface area contributed by atoms with E-state index in [-0.39, 0.29) is 38.3 Å². The van der Waals surface area contributed by atoms with E-state index in [0.29, 0.717) is 5.56 Å². The summed E-state index contributed by atoms with van der Waals surface area (Å²) in [5, 5.41) is 13.7. The van der Waals surface area contributed by atoms with Crippen LogP contribution >= 0.6 is 0 Å². The number of alkyl carbamates (subject to hydrolysis) is 1. The number of nitrogens with zero attached hydrogens (tertiary/aromatic N) is 2.